The summed E-state index contributed by atoms with van der Waals surface area (Å²) in [5.74, 6) is 1.55. The van der Waals surface area contributed by atoms with Crippen LogP contribution in [0, 0.1) is 0 Å². The predicted molar refractivity (Wildman–Crippen MR) is 90.4 cm³/mol. The van der Waals surface area contributed by atoms with Crippen LogP contribution in [0.2, 0.25) is 0 Å². The minimum atomic E-state index is -0.0417. The average Bonchev–Trinajstić information content (AvgIpc) is 3.13. The van der Waals surface area contributed by atoms with E-state index >= 15 is 0 Å². The number of hydrogen-bond acceptors (Lipinski definition) is 5. The summed E-state index contributed by atoms with van der Waals surface area (Å²) in [6, 6.07) is 9.84. The summed E-state index contributed by atoms with van der Waals surface area (Å²) in [7, 11) is 0. The van der Waals surface area contributed by atoms with E-state index < -0.39 is 0 Å². The van der Waals surface area contributed by atoms with Crippen LogP contribution >= 0.6 is 0 Å². The summed E-state index contributed by atoms with van der Waals surface area (Å²) < 4.78 is 11.1. The van der Waals surface area contributed by atoms with Gasteiger partial charge in [0.1, 0.15) is 0 Å². The van der Waals surface area contributed by atoms with Crippen molar-refractivity contribution in [2.24, 2.45) is 0 Å². The highest BCUT2D eigenvalue weighted by molar-refractivity contribution is 5.76. The highest BCUT2D eigenvalue weighted by Crippen LogP contribution is 2.22. The van der Waals surface area contributed by atoms with Crippen LogP contribution in [0.5, 0.6) is 0 Å². The lowest BCUT2D eigenvalue weighted by Gasteiger charge is -2.27. The molecule has 0 bridgehead atoms. The number of nitrogens with zero attached hydrogens (tertiary/aromatic N) is 2. The third kappa shape index (κ3) is 4.21. The van der Waals surface area contributed by atoms with Crippen molar-refractivity contribution in [3.05, 3.63) is 42.4 Å². The van der Waals surface area contributed by atoms with Gasteiger partial charge in [0.2, 0.25) is 11.8 Å². The number of carbonyl (C=O) groups excluding carboxylic acids is 1. The lowest BCUT2D eigenvalue weighted by atomic mass is 10.2. The summed E-state index contributed by atoms with van der Waals surface area (Å²) in [6.07, 6.45) is 2.21. The molecule has 0 unspecified atom stereocenters. The quantitative estimate of drug-likeness (QED) is 0.880. The van der Waals surface area contributed by atoms with Crippen LogP contribution < -0.4 is 5.32 Å². The lowest BCUT2D eigenvalue weighted by Crippen LogP contribution is -2.41. The smallest absolute Gasteiger partial charge is 0.224 e. The van der Waals surface area contributed by atoms with Gasteiger partial charge in [0, 0.05) is 31.6 Å². The Balaban J connectivity index is 1.48. The van der Waals surface area contributed by atoms with Crippen LogP contribution in [0.25, 0.3) is 11.3 Å². The van der Waals surface area contributed by atoms with Crippen LogP contribution in [0.4, 0.5) is 0 Å². The molecule has 6 heteroatoms. The van der Waals surface area contributed by atoms with Gasteiger partial charge in [-0.1, -0.05) is 30.3 Å². The van der Waals surface area contributed by atoms with Gasteiger partial charge in [0.05, 0.1) is 25.5 Å². The van der Waals surface area contributed by atoms with Crippen molar-refractivity contribution < 1.29 is 13.9 Å². The molecule has 0 aliphatic carbocycles. The lowest BCUT2D eigenvalue weighted by molar-refractivity contribution is -0.135. The molecule has 1 saturated heterocycles. The fourth-order valence-electron chi connectivity index (χ4n) is 2.68. The first kappa shape index (κ1) is 16.7. The van der Waals surface area contributed by atoms with Crippen molar-refractivity contribution in [3.63, 3.8) is 0 Å². The number of carbonyl (C=O) groups is 1. The molecule has 24 heavy (non-hydrogen) atoms. The van der Waals surface area contributed by atoms with Gasteiger partial charge in [-0.25, -0.2) is 4.98 Å². The number of morpholine rings is 1. The van der Waals surface area contributed by atoms with E-state index in [0.717, 1.165) is 11.3 Å². The Morgan fingerprint density at radius 3 is 2.79 bits per heavy atom. The number of hydrogen-bond donors (Lipinski definition) is 1. The second kappa shape index (κ2) is 8.08. The summed E-state index contributed by atoms with van der Waals surface area (Å²) in [5.41, 5.74) is 1.01. The summed E-state index contributed by atoms with van der Waals surface area (Å²) >= 11 is 0. The van der Waals surface area contributed by atoms with Crippen molar-refractivity contribution in [1.82, 2.24) is 15.2 Å². The monoisotopic (exact) mass is 329 g/mol. The maximum Gasteiger partial charge on any atom is 0.224 e. The van der Waals surface area contributed by atoms with Gasteiger partial charge in [0.25, 0.3) is 0 Å². The Kier molecular flexibility index (Phi) is 5.61. The van der Waals surface area contributed by atoms with Crippen molar-refractivity contribution >= 4 is 5.91 Å². The molecule has 128 valence electrons. The van der Waals surface area contributed by atoms with Gasteiger partial charge in [-0.2, -0.15) is 0 Å². The Morgan fingerprint density at radius 1 is 1.29 bits per heavy atom. The highest BCUT2D eigenvalue weighted by atomic mass is 16.5. The van der Waals surface area contributed by atoms with Gasteiger partial charge in [0.15, 0.2) is 5.76 Å². The first-order valence-corrected chi connectivity index (χ1v) is 8.34. The second-order valence-electron chi connectivity index (χ2n) is 5.85. The molecule has 1 N–H and O–H groups in total. The number of ether oxygens (including phenoxy) is 1. The molecular weight excluding hydrogens is 306 g/mol. The molecular formula is C18H23N3O3. The van der Waals surface area contributed by atoms with Crippen molar-refractivity contribution in [2.75, 3.05) is 32.8 Å². The molecule has 1 aromatic carbocycles. The largest absolute Gasteiger partial charge is 0.439 e. The fraction of sp³-hybridized carbons (Fsp3) is 0.444. The Hall–Kier alpha value is -2.18. The van der Waals surface area contributed by atoms with E-state index in [1.54, 1.807) is 6.20 Å². The molecule has 6 nitrogen and oxygen atoms in total. The Bertz CT molecular complexity index is 651. The van der Waals surface area contributed by atoms with Gasteiger partial charge < -0.3 is 19.4 Å². The molecule has 1 fully saturated rings. The maximum absolute atomic E-state index is 12.1. The standard InChI is InChI=1S/C18H23N3O3/c1-14(19-8-7-17(22)21-9-11-23-12-10-21)18-20-13-16(24-18)15-5-3-2-4-6-15/h2-6,13-14,19H,7-12H2,1H3/t14-/m0/s1. The molecule has 1 aromatic heterocycles. The number of oxazole rings is 1. The van der Waals surface area contributed by atoms with Crippen LogP contribution in [0.15, 0.2) is 40.9 Å². The SMILES string of the molecule is C[C@H](NCCC(=O)N1CCOCC1)c1ncc(-c2ccccc2)o1. The zero-order valence-electron chi connectivity index (χ0n) is 13.9. The zero-order chi connectivity index (χ0) is 16.8. The zero-order valence-corrected chi connectivity index (χ0v) is 13.9. The Labute approximate surface area is 141 Å². The Morgan fingerprint density at radius 2 is 2.04 bits per heavy atom. The highest BCUT2D eigenvalue weighted by Gasteiger charge is 2.17. The van der Waals surface area contributed by atoms with Crippen molar-refractivity contribution in [3.8, 4) is 11.3 Å². The summed E-state index contributed by atoms with van der Waals surface area (Å²) in [6.45, 7) is 5.23. The minimum absolute atomic E-state index is 0.0417. The van der Waals surface area contributed by atoms with Gasteiger partial charge >= 0.3 is 0 Å². The molecule has 2 heterocycles. The number of nitrogens with one attached hydrogen (secondary N) is 1. The van der Waals surface area contributed by atoms with E-state index in [1.165, 1.54) is 0 Å². The molecule has 0 spiro atoms. The third-order valence-electron chi connectivity index (χ3n) is 4.11. The van der Waals surface area contributed by atoms with E-state index in [9.17, 15) is 4.79 Å². The molecule has 1 aliphatic rings. The molecule has 3 rings (SSSR count). The average molecular weight is 329 g/mol. The fourth-order valence-corrected chi connectivity index (χ4v) is 2.68. The van der Waals surface area contributed by atoms with Crippen molar-refractivity contribution in [2.45, 2.75) is 19.4 Å². The van der Waals surface area contributed by atoms with Crippen LogP contribution in [0.3, 0.4) is 0 Å². The molecule has 1 amide bonds. The van der Waals surface area contributed by atoms with E-state index in [2.05, 4.69) is 10.3 Å². The molecule has 0 saturated carbocycles. The van der Waals surface area contributed by atoms with E-state index in [0.29, 0.717) is 45.2 Å². The number of rotatable bonds is 6. The summed E-state index contributed by atoms with van der Waals surface area (Å²) in [4.78, 5) is 18.3. The van der Waals surface area contributed by atoms with E-state index in [4.69, 9.17) is 9.15 Å². The second-order valence-corrected chi connectivity index (χ2v) is 5.85. The van der Waals surface area contributed by atoms with Crippen molar-refractivity contribution in [1.29, 1.82) is 0 Å². The topological polar surface area (TPSA) is 67.6 Å². The van der Waals surface area contributed by atoms with E-state index in [1.807, 2.05) is 42.2 Å². The molecule has 2 aromatic rings. The van der Waals surface area contributed by atoms with Crippen LogP contribution in [0.1, 0.15) is 25.3 Å². The molecule has 1 aliphatic heterocycles. The number of aromatic nitrogens is 1. The van der Waals surface area contributed by atoms with Gasteiger partial charge in [-0.05, 0) is 6.92 Å². The van der Waals surface area contributed by atoms with Crippen LogP contribution in [-0.4, -0.2) is 48.6 Å². The van der Waals surface area contributed by atoms with Crippen LogP contribution in [-0.2, 0) is 9.53 Å². The first-order valence-electron chi connectivity index (χ1n) is 8.34. The number of benzene rings is 1. The minimum Gasteiger partial charge on any atom is -0.439 e. The first-order chi connectivity index (χ1) is 11.7. The molecule has 1 atom stereocenters. The maximum atomic E-state index is 12.1. The normalized spacial score (nSPS) is 16.1. The van der Waals surface area contributed by atoms with E-state index in [-0.39, 0.29) is 11.9 Å². The van der Waals surface area contributed by atoms with Gasteiger partial charge in [-0.15, -0.1) is 0 Å². The summed E-state index contributed by atoms with van der Waals surface area (Å²) in [5, 5.41) is 3.30. The van der Waals surface area contributed by atoms with Gasteiger partial charge in [-0.3, -0.25) is 4.79 Å². The third-order valence-corrected chi connectivity index (χ3v) is 4.11. The predicted octanol–water partition coefficient (Wildman–Crippen LogP) is 2.24. The number of amides is 1. The molecule has 0 radical (unpaired) electrons.